The van der Waals surface area contributed by atoms with E-state index in [0.29, 0.717) is 12.0 Å². The Morgan fingerprint density at radius 2 is 1.70 bits per heavy atom. The highest BCUT2D eigenvalue weighted by molar-refractivity contribution is 5.86. The summed E-state index contributed by atoms with van der Waals surface area (Å²) in [7, 11) is 0. The molecule has 1 heterocycles. The monoisotopic (exact) mass is 274 g/mol. The van der Waals surface area contributed by atoms with Gasteiger partial charge in [0.2, 0.25) is 5.91 Å². The molecule has 110 valence electrons. The summed E-state index contributed by atoms with van der Waals surface area (Å²) in [5, 5.41) is 9.71. The van der Waals surface area contributed by atoms with Crippen LogP contribution in [0.2, 0.25) is 0 Å². The maximum atomic E-state index is 13.1. The fraction of sp³-hybridized carbons (Fsp3) is 0.882. The van der Waals surface area contributed by atoms with Crippen LogP contribution < -0.4 is 0 Å². The summed E-state index contributed by atoms with van der Waals surface area (Å²) in [6.07, 6.45) is 12.2. The van der Waals surface area contributed by atoms with Gasteiger partial charge in [0.1, 0.15) is 5.41 Å². The van der Waals surface area contributed by atoms with Crippen molar-refractivity contribution in [2.75, 3.05) is 6.54 Å². The Labute approximate surface area is 122 Å². The van der Waals surface area contributed by atoms with E-state index >= 15 is 0 Å². The lowest BCUT2D eigenvalue weighted by atomic mass is 9.79. The van der Waals surface area contributed by atoms with Gasteiger partial charge >= 0.3 is 0 Å². The smallest absolute Gasteiger partial charge is 0.243 e. The first-order valence-corrected chi connectivity index (χ1v) is 8.49. The Balaban J connectivity index is 1.80. The van der Waals surface area contributed by atoms with Crippen molar-refractivity contribution >= 4 is 5.91 Å². The Morgan fingerprint density at radius 3 is 2.40 bits per heavy atom. The van der Waals surface area contributed by atoms with E-state index in [2.05, 4.69) is 11.0 Å². The van der Waals surface area contributed by atoms with Gasteiger partial charge in [-0.2, -0.15) is 5.26 Å². The lowest BCUT2D eigenvalue weighted by Gasteiger charge is -2.41. The third kappa shape index (κ3) is 2.34. The Kier molecular flexibility index (Phi) is 4.01. The molecule has 0 radical (unpaired) electrons. The first-order valence-electron chi connectivity index (χ1n) is 8.49. The van der Waals surface area contributed by atoms with Gasteiger partial charge in [0, 0.05) is 12.6 Å². The zero-order chi connectivity index (χ0) is 14.0. The molecule has 2 atom stereocenters. The number of carbonyl (C=O) groups is 1. The molecule has 2 unspecified atom stereocenters. The number of carbonyl (C=O) groups excluding carboxylic acids is 1. The normalized spacial score (nSPS) is 33.0. The lowest BCUT2D eigenvalue weighted by Crippen LogP contribution is -2.52. The molecule has 1 saturated heterocycles. The van der Waals surface area contributed by atoms with Gasteiger partial charge in [-0.3, -0.25) is 4.79 Å². The molecule has 3 heteroatoms. The van der Waals surface area contributed by atoms with Crippen LogP contribution in [0.1, 0.15) is 70.6 Å². The summed E-state index contributed by atoms with van der Waals surface area (Å²) in [5.41, 5.74) is -0.693. The van der Waals surface area contributed by atoms with E-state index in [-0.39, 0.29) is 5.91 Å². The van der Waals surface area contributed by atoms with Gasteiger partial charge in [0.15, 0.2) is 0 Å². The van der Waals surface area contributed by atoms with E-state index in [1.165, 1.54) is 32.1 Å². The molecule has 3 rings (SSSR count). The molecule has 3 nitrogen and oxygen atoms in total. The third-order valence-electron chi connectivity index (χ3n) is 5.83. The number of hydrogen-bond acceptors (Lipinski definition) is 2. The number of hydrogen-bond donors (Lipinski definition) is 0. The van der Waals surface area contributed by atoms with Gasteiger partial charge in [-0.25, -0.2) is 0 Å². The number of fused-ring (bicyclic) bond motifs is 1. The minimum absolute atomic E-state index is 0.179. The van der Waals surface area contributed by atoms with Crippen molar-refractivity contribution in [1.29, 1.82) is 5.26 Å². The summed E-state index contributed by atoms with van der Waals surface area (Å²) in [5.74, 6) is 0.896. The molecule has 20 heavy (non-hydrogen) atoms. The second-order valence-corrected chi connectivity index (χ2v) is 7.01. The Bertz CT molecular complexity index is 404. The molecular weight excluding hydrogens is 248 g/mol. The van der Waals surface area contributed by atoms with Crippen molar-refractivity contribution in [3.8, 4) is 6.07 Å². The van der Waals surface area contributed by atoms with E-state index in [1.54, 1.807) is 0 Å². The second-order valence-electron chi connectivity index (χ2n) is 7.01. The molecule has 3 fully saturated rings. The molecule has 2 aliphatic carbocycles. The highest BCUT2D eigenvalue weighted by atomic mass is 16.2. The van der Waals surface area contributed by atoms with Crippen LogP contribution in [0.15, 0.2) is 0 Å². The van der Waals surface area contributed by atoms with E-state index in [9.17, 15) is 10.1 Å². The maximum absolute atomic E-state index is 13.1. The van der Waals surface area contributed by atoms with Crippen LogP contribution in [-0.4, -0.2) is 23.4 Å². The number of rotatable bonds is 1. The molecule has 0 aromatic heterocycles. The maximum Gasteiger partial charge on any atom is 0.243 e. The Morgan fingerprint density at radius 1 is 1.00 bits per heavy atom. The van der Waals surface area contributed by atoms with Crippen LogP contribution in [0.4, 0.5) is 0 Å². The molecule has 0 N–H and O–H groups in total. The summed E-state index contributed by atoms with van der Waals surface area (Å²) in [4.78, 5) is 15.2. The highest BCUT2D eigenvalue weighted by Gasteiger charge is 2.46. The first-order chi connectivity index (χ1) is 9.77. The number of amides is 1. The third-order valence-corrected chi connectivity index (χ3v) is 5.83. The predicted octanol–water partition coefficient (Wildman–Crippen LogP) is 3.64. The quantitative estimate of drug-likeness (QED) is 0.685. The zero-order valence-corrected chi connectivity index (χ0v) is 12.4. The van der Waals surface area contributed by atoms with Gasteiger partial charge in [-0.05, 0) is 44.4 Å². The first kappa shape index (κ1) is 13.9. The topological polar surface area (TPSA) is 44.1 Å². The van der Waals surface area contributed by atoms with Gasteiger partial charge in [-0.1, -0.05) is 32.1 Å². The largest absolute Gasteiger partial charge is 0.338 e. The van der Waals surface area contributed by atoms with Crippen LogP contribution in [0.25, 0.3) is 0 Å². The summed E-state index contributed by atoms with van der Waals surface area (Å²) >= 11 is 0. The molecule has 0 aromatic carbocycles. The number of nitrogens with zero attached hydrogens (tertiary/aromatic N) is 2. The minimum Gasteiger partial charge on any atom is -0.338 e. The van der Waals surface area contributed by atoms with Crippen LogP contribution >= 0.6 is 0 Å². The number of nitriles is 1. The van der Waals surface area contributed by atoms with Gasteiger partial charge in [-0.15, -0.1) is 0 Å². The fourth-order valence-electron chi connectivity index (χ4n) is 4.69. The van der Waals surface area contributed by atoms with Crippen molar-refractivity contribution < 1.29 is 4.79 Å². The van der Waals surface area contributed by atoms with Crippen molar-refractivity contribution in [2.24, 2.45) is 11.3 Å². The van der Waals surface area contributed by atoms with Gasteiger partial charge in [0.25, 0.3) is 0 Å². The molecule has 0 aromatic rings. The van der Waals surface area contributed by atoms with Crippen LogP contribution in [0, 0.1) is 22.7 Å². The average Bonchev–Trinajstić information content (AvgIpc) is 2.83. The number of piperidine rings is 1. The molecule has 3 aliphatic rings. The molecule has 1 aliphatic heterocycles. The molecule has 1 amide bonds. The molecule has 0 bridgehead atoms. The SMILES string of the molecule is N#CC1(C(=O)N2CCCC3CCCC32)CCCCCC1. The van der Waals surface area contributed by atoms with Crippen LogP contribution in [-0.2, 0) is 4.79 Å². The van der Waals surface area contributed by atoms with E-state index in [1.807, 2.05) is 0 Å². The summed E-state index contributed by atoms with van der Waals surface area (Å²) < 4.78 is 0. The van der Waals surface area contributed by atoms with Crippen molar-refractivity contribution in [2.45, 2.75) is 76.7 Å². The van der Waals surface area contributed by atoms with E-state index in [0.717, 1.165) is 45.1 Å². The second kappa shape index (κ2) is 5.76. The minimum atomic E-state index is -0.693. The van der Waals surface area contributed by atoms with Crippen molar-refractivity contribution in [3.63, 3.8) is 0 Å². The van der Waals surface area contributed by atoms with Crippen LogP contribution in [0.5, 0.6) is 0 Å². The molecule has 0 spiro atoms. The standard InChI is InChI=1S/C17H26N2O/c18-13-17(10-3-1-2-4-11-17)16(20)19-12-6-8-14-7-5-9-15(14)19/h14-15H,1-12H2. The summed E-state index contributed by atoms with van der Waals surface area (Å²) in [6.45, 7) is 0.892. The molecule has 2 saturated carbocycles. The highest BCUT2D eigenvalue weighted by Crippen LogP contribution is 2.42. The predicted molar refractivity (Wildman–Crippen MR) is 77.8 cm³/mol. The summed E-state index contributed by atoms with van der Waals surface area (Å²) in [6, 6.07) is 2.89. The van der Waals surface area contributed by atoms with Crippen molar-refractivity contribution in [1.82, 2.24) is 4.90 Å². The van der Waals surface area contributed by atoms with E-state index < -0.39 is 5.41 Å². The fourth-order valence-corrected chi connectivity index (χ4v) is 4.69. The zero-order valence-electron chi connectivity index (χ0n) is 12.4. The lowest BCUT2D eigenvalue weighted by molar-refractivity contribution is -0.144. The van der Waals surface area contributed by atoms with E-state index in [4.69, 9.17) is 0 Å². The van der Waals surface area contributed by atoms with Crippen molar-refractivity contribution in [3.05, 3.63) is 0 Å². The average molecular weight is 274 g/mol. The van der Waals surface area contributed by atoms with Gasteiger partial charge in [0.05, 0.1) is 6.07 Å². The van der Waals surface area contributed by atoms with Crippen LogP contribution in [0.3, 0.4) is 0 Å². The van der Waals surface area contributed by atoms with Gasteiger partial charge < -0.3 is 4.90 Å². The Hall–Kier alpha value is -1.04. The number of likely N-dealkylation sites (tertiary alicyclic amines) is 1. The molecular formula is C17H26N2O.